The molecule has 0 spiro atoms. The normalized spacial score (nSPS) is 34.7. The quantitative estimate of drug-likeness (QED) is 0.666. The van der Waals surface area contributed by atoms with E-state index in [4.69, 9.17) is 10.5 Å². The summed E-state index contributed by atoms with van der Waals surface area (Å²) in [7, 11) is 0. The predicted octanol–water partition coefficient (Wildman–Crippen LogP) is 1.83. The molecule has 2 rings (SSSR count). The fourth-order valence-corrected chi connectivity index (χ4v) is 2.61. The van der Waals surface area contributed by atoms with Gasteiger partial charge in [0.25, 0.3) is 0 Å². The Labute approximate surface area is 90.8 Å². The monoisotopic (exact) mass is 212 g/mol. The van der Waals surface area contributed by atoms with Gasteiger partial charge in [-0.3, -0.25) is 4.90 Å². The summed E-state index contributed by atoms with van der Waals surface area (Å²) < 4.78 is 5.37. The molecule has 0 aliphatic carbocycles. The molecule has 2 saturated heterocycles. The lowest BCUT2D eigenvalue weighted by atomic mass is 9.96. The van der Waals surface area contributed by atoms with E-state index in [0.717, 1.165) is 25.7 Å². The van der Waals surface area contributed by atoms with Crippen molar-refractivity contribution in [3.05, 3.63) is 0 Å². The Morgan fingerprint density at radius 2 is 1.93 bits per heavy atom. The zero-order valence-corrected chi connectivity index (χ0v) is 9.75. The second-order valence-electron chi connectivity index (χ2n) is 5.69. The fourth-order valence-electron chi connectivity index (χ4n) is 2.61. The SMILES string of the molecule is CC(C)(C)OC(=O)N1C2CCC1(N)CC2. The van der Waals surface area contributed by atoms with Crippen molar-refractivity contribution >= 4 is 6.09 Å². The maximum Gasteiger partial charge on any atom is 0.412 e. The number of ether oxygens (including phenoxy) is 1. The summed E-state index contributed by atoms with van der Waals surface area (Å²) in [5.41, 5.74) is 5.33. The molecular weight excluding hydrogens is 192 g/mol. The van der Waals surface area contributed by atoms with Gasteiger partial charge in [0, 0.05) is 6.04 Å². The van der Waals surface area contributed by atoms with Crippen LogP contribution in [0.4, 0.5) is 4.79 Å². The molecule has 0 atom stereocenters. The highest BCUT2D eigenvalue weighted by molar-refractivity contribution is 5.70. The number of nitrogens with zero attached hydrogens (tertiary/aromatic N) is 1. The Bertz CT molecular complexity index is 275. The molecule has 4 heteroatoms. The largest absolute Gasteiger partial charge is 0.444 e. The molecule has 2 heterocycles. The first-order valence-corrected chi connectivity index (χ1v) is 5.63. The van der Waals surface area contributed by atoms with Crippen molar-refractivity contribution in [2.24, 2.45) is 5.73 Å². The van der Waals surface area contributed by atoms with E-state index in [0.29, 0.717) is 6.04 Å². The molecule has 2 fully saturated rings. The van der Waals surface area contributed by atoms with Crippen LogP contribution in [0.25, 0.3) is 0 Å². The minimum absolute atomic E-state index is 0.245. The van der Waals surface area contributed by atoms with E-state index in [2.05, 4.69) is 0 Å². The maximum absolute atomic E-state index is 12.0. The average Bonchev–Trinajstić information content (AvgIpc) is 2.52. The summed E-state index contributed by atoms with van der Waals surface area (Å²) in [4.78, 5) is 13.7. The molecule has 15 heavy (non-hydrogen) atoms. The molecule has 2 N–H and O–H groups in total. The number of carbonyl (C=O) groups is 1. The molecule has 2 bridgehead atoms. The number of carbonyl (C=O) groups excluding carboxylic acids is 1. The van der Waals surface area contributed by atoms with Gasteiger partial charge in [-0.25, -0.2) is 4.79 Å². The number of hydrogen-bond acceptors (Lipinski definition) is 3. The lowest BCUT2D eigenvalue weighted by Crippen LogP contribution is -2.53. The van der Waals surface area contributed by atoms with Crippen molar-refractivity contribution in [3.8, 4) is 0 Å². The third-order valence-electron chi connectivity index (χ3n) is 3.26. The average molecular weight is 212 g/mol. The zero-order chi connectivity index (χ0) is 11.3. The van der Waals surface area contributed by atoms with Crippen molar-refractivity contribution in [1.29, 1.82) is 0 Å². The second kappa shape index (κ2) is 3.11. The molecule has 4 nitrogen and oxygen atoms in total. The van der Waals surface area contributed by atoms with E-state index in [1.54, 1.807) is 4.90 Å². The molecular formula is C11H20N2O2. The molecule has 1 amide bonds. The van der Waals surface area contributed by atoms with Crippen molar-refractivity contribution in [1.82, 2.24) is 4.90 Å². The van der Waals surface area contributed by atoms with E-state index in [9.17, 15) is 4.79 Å². The topological polar surface area (TPSA) is 55.6 Å². The van der Waals surface area contributed by atoms with Gasteiger partial charge in [0.2, 0.25) is 0 Å². The highest BCUT2D eigenvalue weighted by Crippen LogP contribution is 2.43. The van der Waals surface area contributed by atoms with E-state index < -0.39 is 11.3 Å². The Balaban J connectivity index is 2.09. The van der Waals surface area contributed by atoms with Crippen molar-refractivity contribution in [3.63, 3.8) is 0 Å². The van der Waals surface area contributed by atoms with Gasteiger partial charge in [0.15, 0.2) is 0 Å². The third-order valence-corrected chi connectivity index (χ3v) is 3.26. The van der Waals surface area contributed by atoms with Crippen molar-refractivity contribution in [2.45, 2.75) is 63.8 Å². The zero-order valence-electron chi connectivity index (χ0n) is 9.75. The molecule has 86 valence electrons. The Kier molecular flexibility index (Phi) is 2.23. The van der Waals surface area contributed by atoms with Crippen LogP contribution >= 0.6 is 0 Å². The first-order chi connectivity index (χ1) is 6.82. The first kappa shape index (κ1) is 10.7. The summed E-state index contributed by atoms with van der Waals surface area (Å²) in [6.45, 7) is 5.64. The summed E-state index contributed by atoms with van der Waals surface area (Å²) in [6.07, 6.45) is 3.63. The first-order valence-electron chi connectivity index (χ1n) is 5.63. The highest BCUT2D eigenvalue weighted by atomic mass is 16.6. The van der Waals surface area contributed by atoms with Crippen LogP contribution in [0, 0.1) is 0 Å². The lowest BCUT2D eigenvalue weighted by Gasteiger charge is -2.32. The van der Waals surface area contributed by atoms with E-state index >= 15 is 0 Å². The number of rotatable bonds is 0. The van der Waals surface area contributed by atoms with Gasteiger partial charge in [0.05, 0.1) is 5.66 Å². The molecule has 2 aliphatic heterocycles. The van der Waals surface area contributed by atoms with Crippen LogP contribution in [-0.4, -0.2) is 28.3 Å². The predicted molar refractivity (Wildman–Crippen MR) is 57.2 cm³/mol. The van der Waals surface area contributed by atoms with Crippen LogP contribution in [0.3, 0.4) is 0 Å². The van der Waals surface area contributed by atoms with Crippen LogP contribution in [0.15, 0.2) is 0 Å². The van der Waals surface area contributed by atoms with Gasteiger partial charge in [-0.2, -0.15) is 0 Å². The number of nitrogens with two attached hydrogens (primary N) is 1. The number of fused-ring (bicyclic) bond motifs is 2. The van der Waals surface area contributed by atoms with Crippen LogP contribution in [0.5, 0.6) is 0 Å². The summed E-state index contributed by atoms with van der Waals surface area (Å²) in [5, 5.41) is 0. The van der Waals surface area contributed by atoms with Gasteiger partial charge in [-0.15, -0.1) is 0 Å². The smallest absolute Gasteiger partial charge is 0.412 e. The van der Waals surface area contributed by atoms with Crippen LogP contribution < -0.4 is 5.73 Å². The van der Waals surface area contributed by atoms with Crippen LogP contribution in [0.2, 0.25) is 0 Å². The summed E-state index contributed by atoms with van der Waals surface area (Å²) in [5.74, 6) is 0. The van der Waals surface area contributed by atoms with Crippen molar-refractivity contribution < 1.29 is 9.53 Å². The van der Waals surface area contributed by atoms with Crippen LogP contribution in [-0.2, 0) is 4.74 Å². The van der Waals surface area contributed by atoms with Gasteiger partial charge >= 0.3 is 6.09 Å². The summed E-state index contributed by atoms with van der Waals surface area (Å²) in [6, 6.07) is 0.310. The lowest BCUT2D eigenvalue weighted by molar-refractivity contribution is 0.0103. The maximum atomic E-state index is 12.0. The fraction of sp³-hybridized carbons (Fsp3) is 0.909. The second-order valence-corrected chi connectivity index (χ2v) is 5.69. The number of hydrogen-bond donors (Lipinski definition) is 1. The third kappa shape index (κ3) is 1.83. The standard InChI is InChI=1S/C11H20N2O2/c1-10(2,3)15-9(14)13-8-4-6-11(13,12)7-5-8/h8H,4-7,12H2,1-3H3. The Morgan fingerprint density at radius 3 is 2.27 bits per heavy atom. The van der Waals surface area contributed by atoms with E-state index in [-0.39, 0.29) is 6.09 Å². The molecule has 0 aromatic carbocycles. The molecule has 0 aromatic rings. The van der Waals surface area contributed by atoms with Crippen molar-refractivity contribution in [2.75, 3.05) is 0 Å². The van der Waals surface area contributed by atoms with Gasteiger partial charge < -0.3 is 10.5 Å². The Hall–Kier alpha value is -0.770. The van der Waals surface area contributed by atoms with Gasteiger partial charge in [-0.1, -0.05) is 0 Å². The minimum Gasteiger partial charge on any atom is -0.444 e. The highest BCUT2D eigenvalue weighted by Gasteiger charge is 2.52. The van der Waals surface area contributed by atoms with Gasteiger partial charge in [0.1, 0.15) is 5.60 Å². The molecule has 0 aromatic heterocycles. The van der Waals surface area contributed by atoms with Crippen LogP contribution in [0.1, 0.15) is 46.5 Å². The number of amides is 1. The molecule has 2 aliphatic rings. The minimum atomic E-state index is -0.435. The van der Waals surface area contributed by atoms with Gasteiger partial charge in [-0.05, 0) is 46.5 Å². The Morgan fingerprint density at radius 1 is 1.40 bits per heavy atom. The van der Waals surface area contributed by atoms with E-state index in [1.807, 2.05) is 20.8 Å². The molecule has 0 unspecified atom stereocenters. The molecule has 0 radical (unpaired) electrons. The summed E-state index contributed by atoms with van der Waals surface area (Å²) >= 11 is 0. The van der Waals surface area contributed by atoms with E-state index in [1.165, 1.54) is 0 Å². The molecule has 0 saturated carbocycles.